The highest BCUT2D eigenvalue weighted by Crippen LogP contribution is 2.18. The summed E-state index contributed by atoms with van der Waals surface area (Å²) in [6, 6.07) is 12.7. The number of benzene rings is 2. The molecule has 130 valence electrons. The van der Waals surface area contributed by atoms with Crippen molar-refractivity contribution in [3.05, 3.63) is 54.1 Å². The lowest BCUT2D eigenvalue weighted by atomic mass is 10.1. The van der Waals surface area contributed by atoms with Gasteiger partial charge in [-0.2, -0.15) is 0 Å². The molecule has 25 heavy (non-hydrogen) atoms. The molecule has 3 rings (SSSR count). The number of hydrogen-bond donors (Lipinski definition) is 3. The van der Waals surface area contributed by atoms with E-state index >= 15 is 0 Å². The molecule has 0 bridgehead atoms. The van der Waals surface area contributed by atoms with Crippen molar-refractivity contribution in [2.75, 3.05) is 17.6 Å². The number of anilines is 2. The zero-order valence-electron chi connectivity index (χ0n) is 13.4. The molecule has 1 aliphatic rings. The lowest BCUT2D eigenvalue weighted by Gasteiger charge is -2.11. The second-order valence-electron chi connectivity index (χ2n) is 5.61. The highest BCUT2D eigenvalue weighted by Gasteiger charge is 2.19. The third-order valence-electron chi connectivity index (χ3n) is 3.73. The van der Waals surface area contributed by atoms with E-state index in [-0.39, 0.29) is 4.90 Å². The van der Waals surface area contributed by atoms with Crippen molar-refractivity contribution in [2.24, 2.45) is 4.99 Å². The third-order valence-corrected chi connectivity index (χ3v) is 5.11. The standard InChI is InChI=1S/C17H18N4O3S/c18-15-8-2-1-7-14(15)17(22)20-12-5-3-6-13(11-12)25(23,24)21-16-9-4-10-19-16/h1-3,5-8,11H,4,9-10,18H2,(H,19,21)(H,20,22). The summed E-state index contributed by atoms with van der Waals surface area (Å²) in [6.07, 6.45) is 1.45. The number of nitrogens with one attached hydrogen (secondary N) is 2. The van der Waals surface area contributed by atoms with Crippen LogP contribution in [0.4, 0.5) is 11.4 Å². The Morgan fingerprint density at radius 1 is 1.12 bits per heavy atom. The Balaban J connectivity index is 1.79. The van der Waals surface area contributed by atoms with E-state index < -0.39 is 15.9 Å². The minimum absolute atomic E-state index is 0.0564. The van der Waals surface area contributed by atoms with Crippen LogP contribution in [0.3, 0.4) is 0 Å². The summed E-state index contributed by atoms with van der Waals surface area (Å²) in [5, 5.41) is 2.66. The Morgan fingerprint density at radius 2 is 1.92 bits per heavy atom. The van der Waals surface area contributed by atoms with Crippen molar-refractivity contribution in [3.8, 4) is 0 Å². The molecule has 0 atom stereocenters. The van der Waals surface area contributed by atoms with Gasteiger partial charge in [0.25, 0.3) is 15.9 Å². The number of nitrogen functional groups attached to an aromatic ring is 1. The quantitative estimate of drug-likeness (QED) is 0.725. The highest BCUT2D eigenvalue weighted by atomic mass is 32.2. The molecule has 0 saturated carbocycles. The van der Waals surface area contributed by atoms with E-state index in [0.29, 0.717) is 35.7 Å². The van der Waals surface area contributed by atoms with Gasteiger partial charge in [0.1, 0.15) is 5.84 Å². The molecule has 1 amide bonds. The molecule has 0 radical (unpaired) electrons. The fraction of sp³-hybridized carbons (Fsp3) is 0.176. The first-order valence-corrected chi connectivity index (χ1v) is 9.26. The molecule has 1 heterocycles. The van der Waals surface area contributed by atoms with Gasteiger partial charge in [0.15, 0.2) is 0 Å². The van der Waals surface area contributed by atoms with E-state index in [1.54, 1.807) is 36.4 Å². The molecular weight excluding hydrogens is 340 g/mol. The molecule has 7 nitrogen and oxygen atoms in total. The van der Waals surface area contributed by atoms with Gasteiger partial charge in [-0.3, -0.25) is 14.5 Å². The zero-order valence-corrected chi connectivity index (χ0v) is 14.2. The van der Waals surface area contributed by atoms with E-state index in [0.717, 1.165) is 6.42 Å². The number of sulfonamides is 1. The van der Waals surface area contributed by atoms with Gasteiger partial charge in [0.05, 0.1) is 10.5 Å². The molecule has 4 N–H and O–H groups in total. The molecular formula is C17H18N4O3S. The summed E-state index contributed by atoms with van der Waals surface area (Å²) < 4.78 is 27.3. The molecule has 0 unspecified atom stereocenters. The number of carbonyl (C=O) groups is 1. The van der Waals surface area contributed by atoms with Crippen LogP contribution in [0.2, 0.25) is 0 Å². The molecule has 1 aliphatic heterocycles. The summed E-state index contributed by atoms with van der Waals surface area (Å²) in [5.41, 5.74) is 6.83. The third kappa shape index (κ3) is 3.97. The van der Waals surface area contributed by atoms with Gasteiger partial charge in [-0.05, 0) is 36.8 Å². The summed E-state index contributed by atoms with van der Waals surface area (Å²) in [7, 11) is -3.73. The van der Waals surface area contributed by atoms with Crippen LogP contribution in [0.15, 0.2) is 58.4 Å². The summed E-state index contributed by atoms with van der Waals surface area (Å²) >= 11 is 0. The first kappa shape index (κ1) is 17.0. The summed E-state index contributed by atoms with van der Waals surface area (Å²) in [4.78, 5) is 16.5. The topological polar surface area (TPSA) is 114 Å². The van der Waals surface area contributed by atoms with Gasteiger partial charge in [-0.25, -0.2) is 8.42 Å². The lowest BCUT2D eigenvalue weighted by Crippen LogP contribution is -2.29. The minimum Gasteiger partial charge on any atom is -0.398 e. The van der Waals surface area contributed by atoms with Gasteiger partial charge in [0, 0.05) is 24.3 Å². The minimum atomic E-state index is -3.73. The summed E-state index contributed by atoms with van der Waals surface area (Å²) in [5.74, 6) is 0.0623. The van der Waals surface area contributed by atoms with Crippen LogP contribution >= 0.6 is 0 Å². The number of aliphatic imine (C=N–C) groups is 1. The Bertz CT molecular complexity index is 938. The largest absolute Gasteiger partial charge is 0.398 e. The maximum absolute atomic E-state index is 12.4. The molecule has 2 aromatic carbocycles. The van der Waals surface area contributed by atoms with Crippen LogP contribution in [0.25, 0.3) is 0 Å². The Kier molecular flexibility index (Phi) is 4.71. The van der Waals surface area contributed by atoms with E-state index in [2.05, 4.69) is 15.0 Å². The van der Waals surface area contributed by atoms with Crippen LogP contribution in [0.5, 0.6) is 0 Å². The van der Waals surface area contributed by atoms with Gasteiger partial charge in [0.2, 0.25) is 0 Å². The summed E-state index contributed by atoms with van der Waals surface area (Å²) in [6.45, 7) is 0.631. The van der Waals surface area contributed by atoms with Gasteiger partial charge in [-0.1, -0.05) is 18.2 Å². The zero-order chi connectivity index (χ0) is 17.9. The van der Waals surface area contributed by atoms with Crippen molar-refractivity contribution < 1.29 is 13.2 Å². The first-order chi connectivity index (χ1) is 12.0. The van der Waals surface area contributed by atoms with Crippen LogP contribution in [-0.4, -0.2) is 26.7 Å². The molecule has 0 aliphatic carbocycles. The van der Waals surface area contributed by atoms with E-state index in [1.165, 1.54) is 12.1 Å². The van der Waals surface area contributed by atoms with Gasteiger partial charge < -0.3 is 11.1 Å². The number of hydrogen-bond acceptors (Lipinski definition) is 5. The van der Waals surface area contributed by atoms with E-state index in [9.17, 15) is 13.2 Å². The maximum atomic E-state index is 12.4. The lowest BCUT2D eigenvalue weighted by molar-refractivity contribution is 0.102. The van der Waals surface area contributed by atoms with Crippen LogP contribution < -0.4 is 15.8 Å². The van der Waals surface area contributed by atoms with Crippen molar-refractivity contribution >= 4 is 33.1 Å². The normalized spacial score (nSPS) is 14.0. The number of carbonyl (C=O) groups excluding carboxylic acids is 1. The SMILES string of the molecule is Nc1ccccc1C(=O)Nc1cccc(S(=O)(=O)NC2=NCCC2)c1. The number of amides is 1. The molecule has 0 spiro atoms. The van der Waals surface area contributed by atoms with Crippen LogP contribution in [0, 0.1) is 0 Å². The maximum Gasteiger partial charge on any atom is 0.262 e. The van der Waals surface area contributed by atoms with Crippen LogP contribution in [-0.2, 0) is 10.0 Å². The predicted molar refractivity (Wildman–Crippen MR) is 97.1 cm³/mol. The van der Waals surface area contributed by atoms with E-state index in [4.69, 9.17) is 5.73 Å². The number of amidine groups is 1. The van der Waals surface area contributed by atoms with Crippen molar-refractivity contribution in [3.63, 3.8) is 0 Å². The second-order valence-corrected chi connectivity index (χ2v) is 7.29. The molecule has 8 heteroatoms. The number of nitrogens with zero attached hydrogens (tertiary/aromatic N) is 1. The number of para-hydroxylation sites is 1. The second kappa shape index (κ2) is 6.94. The van der Waals surface area contributed by atoms with Crippen LogP contribution in [0.1, 0.15) is 23.2 Å². The molecule has 2 aromatic rings. The van der Waals surface area contributed by atoms with Gasteiger partial charge in [-0.15, -0.1) is 0 Å². The van der Waals surface area contributed by atoms with Crippen molar-refractivity contribution in [1.29, 1.82) is 0 Å². The average molecular weight is 358 g/mol. The van der Waals surface area contributed by atoms with E-state index in [1.807, 2.05) is 0 Å². The Morgan fingerprint density at radius 3 is 2.64 bits per heavy atom. The Hall–Kier alpha value is -2.87. The average Bonchev–Trinajstić information content (AvgIpc) is 3.07. The van der Waals surface area contributed by atoms with Gasteiger partial charge >= 0.3 is 0 Å². The Labute approximate surface area is 146 Å². The monoisotopic (exact) mass is 358 g/mol. The number of nitrogens with two attached hydrogens (primary N) is 1. The first-order valence-electron chi connectivity index (χ1n) is 7.78. The predicted octanol–water partition coefficient (Wildman–Crippen LogP) is 1.99. The highest BCUT2D eigenvalue weighted by molar-refractivity contribution is 7.90. The molecule has 0 saturated heterocycles. The fourth-order valence-electron chi connectivity index (χ4n) is 2.48. The smallest absolute Gasteiger partial charge is 0.262 e. The molecule has 0 fully saturated rings. The van der Waals surface area contributed by atoms with Crippen molar-refractivity contribution in [2.45, 2.75) is 17.7 Å². The fourth-order valence-corrected chi connectivity index (χ4v) is 3.61. The molecule has 0 aromatic heterocycles. The van der Waals surface area contributed by atoms with Crippen molar-refractivity contribution in [1.82, 2.24) is 4.72 Å². The number of rotatable bonds is 4.